The van der Waals surface area contributed by atoms with Crippen LogP contribution in [0.25, 0.3) is 0 Å². The second-order valence-corrected chi connectivity index (χ2v) is 10.0. The molecule has 23 heavy (non-hydrogen) atoms. The first-order valence-electron chi connectivity index (χ1n) is 7.65. The van der Waals surface area contributed by atoms with Crippen LogP contribution in [-0.2, 0) is 15.4 Å². The van der Waals surface area contributed by atoms with Gasteiger partial charge in [-0.3, -0.25) is 0 Å². The van der Waals surface area contributed by atoms with Crippen LogP contribution < -0.4 is 4.72 Å². The number of hydrogen-bond acceptors (Lipinski definition) is 4. The summed E-state index contributed by atoms with van der Waals surface area (Å²) < 4.78 is 28.4. The van der Waals surface area contributed by atoms with Gasteiger partial charge in [0.15, 0.2) is 0 Å². The molecule has 1 fully saturated rings. The third-order valence-corrected chi connectivity index (χ3v) is 7.19. The van der Waals surface area contributed by atoms with Gasteiger partial charge in [-0.1, -0.05) is 32.9 Å². The lowest BCUT2D eigenvalue weighted by atomic mass is 9.85. The highest BCUT2D eigenvalue weighted by Gasteiger charge is 2.39. The molecule has 1 saturated heterocycles. The summed E-state index contributed by atoms with van der Waals surface area (Å²) in [4.78, 5) is 0.303. The molecular weight excluding hydrogens is 328 g/mol. The minimum atomic E-state index is -3.72. The molecule has 0 aliphatic carbocycles. The third kappa shape index (κ3) is 3.73. The van der Waals surface area contributed by atoms with Crippen LogP contribution in [0.2, 0.25) is 0 Å². The fourth-order valence-corrected chi connectivity index (χ4v) is 6.03. The second-order valence-electron chi connectivity index (χ2n) is 7.29. The van der Waals surface area contributed by atoms with Crippen molar-refractivity contribution in [3.05, 3.63) is 28.8 Å². The van der Waals surface area contributed by atoms with E-state index in [1.807, 2.05) is 26.0 Å². The van der Waals surface area contributed by atoms with Gasteiger partial charge in [-0.2, -0.15) is 21.7 Å². The van der Waals surface area contributed by atoms with Crippen molar-refractivity contribution in [1.29, 1.82) is 5.26 Å². The first-order valence-corrected chi connectivity index (χ1v) is 10.3. The Hall–Kier alpha value is -1.03. The Morgan fingerprint density at radius 1 is 1.26 bits per heavy atom. The van der Waals surface area contributed by atoms with E-state index >= 15 is 0 Å². The zero-order valence-corrected chi connectivity index (χ0v) is 16.0. The van der Waals surface area contributed by atoms with Gasteiger partial charge < -0.3 is 0 Å². The van der Waals surface area contributed by atoms with Gasteiger partial charge in [-0.15, -0.1) is 0 Å². The molecule has 0 spiro atoms. The van der Waals surface area contributed by atoms with Gasteiger partial charge in [0.25, 0.3) is 0 Å². The Labute approximate surface area is 143 Å². The predicted octanol–water partition coefficient (Wildman–Crippen LogP) is 3.28. The van der Waals surface area contributed by atoms with Crippen LogP contribution in [0.4, 0.5) is 0 Å². The van der Waals surface area contributed by atoms with Crippen molar-refractivity contribution in [3.8, 4) is 6.07 Å². The van der Waals surface area contributed by atoms with Crippen molar-refractivity contribution in [2.75, 3.05) is 11.5 Å². The molecule has 0 saturated carbocycles. The highest BCUT2D eigenvalue weighted by Crippen LogP contribution is 2.32. The molecule has 0 bridgehead atoms. The lowest BCUT2D eigenvalue weighted by Gasteiger charge is -2.25. The Kier molecular flexibility index (Phi) is 4.87. The Morgan fingerprint density at radius 3 is 2.22 bits per heavy atom. The van der Waals surface area contributed by atoms with E-state index in [1.165, 1.54) is 0 Å². The zero-order chi connectivity index (χ0) is 17.5. The predicted molar refractivity (Wildman–Crippen MR) is 95.2 cm³/mol. The van der Waals surface area contributed by atoms with Gasteiger partial charge in [0.2, 0.25) is 10.0 Å². The van der Waals surface area contributed by atoms with Crippen molar-refractivity contribution in [1.82, 2.24) is 4.72 Å². The zero-order valence-electron chi connectivity index (χ0n) is 14.4. The summed E-state index contributed by atoms with van der Waals surface area (Å²) in [7, 11) is -3.72. The van der Waals surface area contributed by atoms with Gasteiger partial charge >= 0.3 is 0 Å². The second kappa shape index (κ2) is 6.12. The molecule has 4 nitrogen and oxygen atoms in total. The number of rotatable bonds is 3. The molecule has 1 heterocycles. The summed E-state index contributed by atoms with van der Waals surface area (Å²) in [6.45, 7) is 9.95. The van der Waals surface area contributed by atoms with Crippen LogP contribution >= 0.6 is 11.8 Å². The summed E-state index contributed by atoms with van der Waals surface area (Å²) in [5.41, 5.74) is 1.53. The van der Waals surface area contributed by atoms with Crippen LogP contribution in [0.15, 0.2) is 17.0 Å². The third-order valence-electron chi connectivity index (χ3n) is 4.16. The molecule has 1 aliphatic heterocycles. The minimum Gasteiger partial charge on any atom is -0.207 e. The van der Waals surface area contributed by atoms with Gasteiger partial charge in [0.05, 0.1) is 11.0 Å². The molecule has 0 aromatic heterocycles. The summed E-state index contributed by atoms with van der Waals surface area (Å²) in [6, 6.07) is 6.04. The van der Waals surface area contributed by atoms with Crippen molar-refractivity contribution in [2.24, 2.45) is 0 Å². The van der Waals surface area contributed by atoms with Gasteiger partial charge in [0, 0.05) is 5.75 Å². The van der Waals surface area contributed by atoms with E-state index < -0.39 is 15.6 Å². The van der Waals surface area contributed by atoms with Gasteiger partial charge in [0.1, 0.15) is 5.54 Å². The van der Waals surface area contributed by atoms with Crippen molar-refractivity contribution < 1.29 is 8.42 Å². The molecule has 2 rings (SSSR count). The van der Waals surface area contributed by atoms with E-state index in [9.17, 15) is 13.7 Å². The SMILES string of the molecule is Cc1cc(C(C)(C)C)cc(C)c1S(=O)(=O)NC1(C#N)CCSC1. The molecule has 126 valence electrons. The molecule has 6 heteroatoms. The summed E-state index contributed by atoms with van der Waals surface area (Å²) >= 11 is 1.61. The standard InChI is InChI=1S/C17H24N2O2S2/c1-12-8-14(16(3,4)5)9-13(2)15(12)23(20,21)19-17(10-18)6-7-22-11-17/h8-9,19H,6-7,11H2,1-5H3. The topological polar surface area (TPSA) is 70.0 Å². The summed E-state index contributed by atoms with van der Waals surface area (Å²) in [5.74, 6) is 1.30. The number of nitrogens with zero attached hydrogens (tertiary/aromatic N) is 1. The van der Waals surface area contributed by atoms with Gasteiger partial charge in [-0.25, -0.2) is 8.42 Å². The van der Waals surface area contributed by atoms with E-state index in [1.54, 1.807) is 11.8 Å². The average molecular weight is 353 g/mol. The normalized spacial score (nSPS) is 22.1. The summed E-state index contributed by atoms with van der Waals surface area (Å²) in [5, 5.41) is 9.43. The smallest absolute Gasteiger partial charge is 0.207 e. The van der Waals surface area contributed by atoms with E-state index in [-0.39, 0.29) is 5.41 Å². The maximum Gasteiger partial charge on any atom is 0.242 e. The number of nitrogens with one attached hydrogen (secondary N) is 1. The maximum absolute atomic E-state index is 12.9. The van der Waals surface area contributed by atoms with Crippen LogP contribution in [-0.4, -0.2) is 25.5 Å². The van der Waals surface area contributed by atoms with Crippen LogP contribution in [0.5, 0.6) is 0 Å². The van der Waals surface area contributed by atoms with Crippen LogP contribution in [0, 0.1) is 25.2 Å². The highest BCUT2D eigenvalue weighted by molar-refractivity contribution is 7.99. The molecule has 1 aliphatic rings. The molecule has 1 N–H and O–H groups in total. The van der Waals surface area contributed by atoms with E-state index in [4.69, 9.17) is 0 Å². The molecule has 0 radical (unpaired) electrons. The van der Waals surface area contributed by atoms with Crippen LogP contribution in [0.1, 0.15) is 43.9 Å². The van der Waals surface area contributed by atoms with Gasteiger partial charge in [-0.05, 0) is 48.1 Å². The largest absolute Gasteiger partial charge is 0.242 e. The lowest BCUT2D eigenvalue weighted by molar-refractivity contribution is 0.514. The van der Waals surface area contributed by atoms with Crippen molar-refractivity contribution in [2.45, 2.75) is 56.9 Å². The minimum absolute atomic E-state index is 0.0405. The number of benzene rings is 1. The monoisotopic (exact) mass is 352 g/mol. The summed E-state index contributed by atoms with van der Waals surface area (Å²) in [6.07, 6.45) is 0.547. The van der Waals surface area contributed by atoms with E-state index in [0.717, 1.165) is 22.4 Å². The first kappa shape index (κ1) is 18.3. The fraction of sp³-hybridized carbons (Fsp3) is 0.588. The Balaban J connectivity index is 2.47. The number of sulfonamides is 1. The lowest BCUT2D eigenvalue weighted by Crippen LogP contribution is -2.47. The van der Waals surface area contributed by atoms with E-state index in [2.05, 4.69) is 31.6 Å². The molecule has 1 unspecified atom stereocenters. The average Bonchev–Trinajstić information content (AvgIpc) is 2.84. The molecule has 1 atom stereocenters. The first-order chi connectivity index (χ1) is 10.5. The quantitative estimate of drug-likeness (QED) is 0.906. The Bertz CT molecular complexity index is 727. The fourth-order valence-electron chi connectivity index (χ4n) is 2.87. The maximum atomic E-state index is 12.9. The number of thioether (sulfide) groups is 1. The Morgan fingerprint density at radius 2 is 1.83 bits per heavy atom. The highest BCUT2D eigenvalue weighted by atomic mass is 32.2. The molecule has 1 aromatic rings. The number of nitriles is 1. The van der Waals surface area contributed by atoms with Crippen LogP contribution in [0.3, 0.4) is 0 Å². The molecule has 0 amide bonds. The molecular formula is C17H24N2O2S2. The van der Waals surface area contributed by atoms with Crippen molar-refractivity contribution in [3.63, 3.8) is 0 Å². The number of hydrogen-bond donors (Lipinski definition) is 1. The molecule has 1 aromatic carbocycles. The number of aryl methyl sites for hydroxylation is 2. The van der Waals surface area contributed by atoms with Crippen molar-refractivity contribution >= 4 is 21.8 Å². The van der Waals surface area contributed by atoms with E-state index in [0.29, 0.717) is 17.1 Å².